The van der Waals surface area contributed by atoms with E-state index in [9.17, 15) is 9.59 Å². The molecule has 31 heavy (non-hydrogen) atoms. The number of anilines is 1. The number of fused-ring (bicyclic) bond motifs is 1. The molecule has 0 spiro atoms. The molecule has 0 aliphatic carbocycles. The Morgan fingerprint density at radius 3 is 2.61 bits per heavy atom. The van der Waals surface area contributed by atoms with E-state index in [2.05, 4.69) is 15.5 Å². The molecule has 1 aliphatic rings. The lowest BCUT2D eigenvalue weighted by Gasteiger charge is -2.32. The van der Waals surface area contributed by atoms with Crippen molar-refractivity contribution in [3.8, 4) is 0 Å². The molecule has 3 heterocycles. The molecule has 3 aromatic rings. The summed E-state index contributed by atoms with van der Waals surface area (Å²) in [4.78, 5) is 27.0. The summed E-state index contributed by atoms with van der Waals surface area (Å²) in [6.07, 6.45) is 3.72. The second kappa shape index (κ2) is 9.51. The fourth-order valence-corrected chi connectivity index (χ4v) is 4.62. The highest BCUT2D eigenvalue weighted by molar-refractivity contribution is 8.01. The van der Waals surface area contributed by atoms with Crippen molar-refractivity contribution in [1.29, 1.82) is 0 Å². The molecule has 0 radical (unpaired) electrons. The quantitative estimate of drug-likeness (QED) is 0.638. The highest BCUT2D eigenvalue weighted by Crippen LogP contribution is 2.28. The normalized spacial score (nSPS) is 15.7. The Balaban J connectivity index is 1.25. The molecule has 1 N–H and O–H groups in total. The van der Waals surface area contributed by atoms with Gasteiger partial charge in [-0.05, 0) is 51.0 Å². The summed E-state index contributed by atoms with van der Waals surface area (Å²) < 4.78 is 2.04. The molecular formula is C23H27N5O2S. The third-order valence-electron chi connectivity index (χ3n) is 5.66. The number of benzene rings is 1. The third kappa shape index (κ3) is 5.07. The van der Waals surface area contributed by atoms with E-state index in [1.54, 1.807) is 0 Å². The first kappa shape index (κ1) is 21.4. The maximum atomic E-state index is 12.9. The standard InChI is InChI=1S/C23H27N5O2S/c1-16-6-8-19(9-7-16)24-21(29)15-31-17(2)23(30)27-13-10-18(11-14-27)22-26-25-20-5-3-4-12-28(20)22/h3-9,12,17-18H,10-11,13-15H2,1-2H3,(H,24,29)/t17-/m0/s1. The lowest BCUT2D eigenvalue weighted by atomic mass is 9.96. The van der Waals surface area contributed by atoms with E-state index >= 15 is 0 Å². The molecule has 1 aliphatic heterocycles. The summed E-state index contributed by atoms with van der Waals surface area (Å²) in [6.45, 7) is 5.29. The van der Waals surface area contributed by atoms with Gasteiger partial charge in [0.05, 0.1) is 11.0 Å². The van der Waals surface area contributed by atoms with Crippen molar-refractivity contribution in [3.05, 3.63) is 60.0 Å². The second-order valence-corrected chi connectivity index (χ2v) is 9.28. The van der Waals surface area contributed by atoms with Crippen molar-refractivity contribution in [2.75, 3.05) is 24.2 Å². The zero-order valence-corrected chi connectivity index (χ0v) is 18.6. The summed E-state index contributed by atoms with van der Waals surface area (Å²) in [5.41, 5.74) is 2.77. The fourth-order valence-electron chi connectivity index (χ4n) is 3.86. The number of thioether (sulfide) groups is 1. The molecule has 2 aromatic heterocycles. The predicted octanol–water partition coefficient (Wildman–Crippen LogP) is 3.50. The van der Waals surface area contributed by atoms with E-state index in [1.807, 2.05) is 71.8 Å². The first-order chi connectivity index (χ1) is 15.0. The number of aryl methyl sites for hydroxylation is 1. The topological polar surface area (TPSA) is 79.6 Å². The minimum absolute atomic E-state index is 0.0918. The predicted molar refractivity (Wildman–Crippen MR) is 123 cm³/mol. The molecule has 1 fully saturated rings. The molecule has 1 aromatic carbocycles. The number of hydrogen-bond donors (Lipinski definition) is 1. The van der Waals surface area contributed by atoms with Crippen molar-refractivity contribution in [3.63, 3.8) is 0 Å². The average molecular weight is 438 g/mol. The Labute approximate surface area is 186 Å². The van der Waals surface area contributed by atoms with Crippen LogP contribution in [0.15, 0.2) is 48.7 Å². The third-order valence-corrected chi connectivity index (χ3v) is 6.79. The van der Waals surface area contributed by atoms with Crippen LogP contribution in [-0.4, -0.2) is 55.4 Å². The molecule has 0 bridgehead atoms. The van der Waals surface area contributed by atoms with Gasteiger partial charge >= 0.3 is 0 Å². The number of nitrogens with one attached hydrogen (secondary N) is 1. The number of carbonyl (C=O) groups excluding carboxylic acids is 2. The van der Waals surface area contributed by atoms with Crippen LogP contribution in [0.5, 0.6) is 0 Å². The van der Waals surface area contributed by atoms with Gasteiger partial charge in [0, 0.05) is 30.9 Å². The van der Waals surface area contributed by atoms with Gasteiger partial charge in [0.25, 0.3) is 0 Å². The summed E-state index contributed by atoms with van der Waals surface area (Å²) >= 11 is 1.38. The number of amides is 2. The van der Waals surface area contributed by atoms with Crippen LogP contribution < -0.4 is 5.32 Å². The molecule has 8 heteroatoms. The van der Waals surface area contributed by atoms with Gasteiger partial charge in [-0.15, -0.1) is 22.0 Å². The minimum Gasteiger partial charge on any atom is -0.342 e. The number of aromatic nitrogens is 3. The van der Waals surface area contributed by atoms with E-state index in [0.717, 1.165) is 35.6 Å². The maximum absolute atomic E-state index is 12.9. The number of carbonyl (C=O) groups is 2. The van der Waals surface area contributed by atoms with Gasteiger partial charge in [0.1, 0.15) is 5.82 Å². The fraction of sp³-hybridized carbons (Fsp3) is 0.391. The first-order valence-corrected chi connectivity index (χ1v) is 11.6. The zero-order valence-electron chi connectivity index (χ0n) is 17.8. The summed E-state index contributed by atoms with van der Waals surface area (Å²) in [5, 5.41) is 11.2. The van der Waals surface area contributed by atoms with E-state index in [-0.39, 0.29) is 22.8 Å². The zero-order chi connectivity index (χ0) is 21.8. The highest BCUT2D eigenvalue weighted by Gasteiger charge is 2.29. The van der Waals surface area contributed by atoms with Crippen LogP contribution in [0, 0.1) is 6.92 Å². The van der Waals surface area contributed by atoms with E-state index < -0.39 is 0 Å². The van der Waals surface area contributed by atoms with E-state index in [1.165, 1.54) is 11.8 Å². The van der Waals surface area contributed by atoms with Gasteiger partial charge in [0.2, 0.25) is 11.8 Å². The van der Waals surface area contributed by atoms with Gasteiger partial charge < -0.3 is 10.2 Å². The first-order valence-electron chi connectivity index (χ1n) is 10.6. The molecule has 0 saturated carbocycles. The lowest BCUT2D eigenvalue weighted by molar-refractivity contribution is -0.131. The molecule has 1 atom stereocenters. The smallest absolute Gasteiger partial charge is 0.235 e. The van der Waals surface area contributed by atoms with Crippen molar-refractivity contribution in [2.24, 2.45) is 0 Å². The monoisotopic (exact) mass is 437 g/mol. The Kier molecular flexibility index (Phi) is 6.56. The Bertz CT molecular complexity index is 1060. The van der Waals surface area contributed by atoms with Crippen LogP contribution in [0.3, 0.4) is 0 Å². The highest BCUT2D eigenvalue weighted by atomic mass is 32.2. The van der Waals surface area contributed by atoms with Crippen molar-refractivity contribution in [2.45, 2.75) is 37.9 Å². The van der Waals surface area contributed by atoms with Crippen molar-refractivity contribution in [1.82, 2.24) is 19.5 Å². The van der Waals surface area contributed by atoms with Crippen LogP contribution in [-0.2, 0) is 9.59 Å². The number of nitrogens with zero attached hydrogens (tertiary/aromatic N) is 4. The van der Waals surface area contributed by atoms with Gasteiger partial charge in [-0.3, -0.25) is 14.0 Å². The molecule has 1 saturated heterocycles. The largest absolute Gasteiger partial charge is 0.342 e. The number of likely N-dealkylation sites (tertiary alicyclic amines) is 1. The van der Waals surface area contributed by atoms with Gasteiger partial charge in [0.15, 0.2) is 5.65 Å². The van der Waals surface area contributed by atoms with Gasteiger partial charge in [-0.2, -0.15) is 0 Å². The lowest BCUT2D eigenvalue weighted by Crippen LogP contribution is -2.42. The van der Waals surface area contributed by atoms with Crippen molar-refractivity contribution >= 4 is 34.9 Å². The van der Waals surface area contributed by atoms with Crippen molar-refractivity contribution < 1.29 is 9.59 Å². The van der Waals surface area contributed by atoms with E-state index in [4.69, 9.17) is 0 Å². The summed E-state index contributed by atoms with van der Waals surface area (Å²) in [6, 6.07) is 13.6. The minimum atomic E-state index is -0.255. The Morgan fingerprint density at radius 2 is 1.87 bits per heavy atom. The summed E-state index contributed by atoms with van der Waals surface area (Å²) in [5.74, 6) is 1.52. The number of pyridine rings is 1. The second-order valence-electron chi connectivity index (χ2n) is 7.95. The Hall–Kier alpha value is -2.87. The number of hydrogen-bond acceptors (Lipinski definition) is 5. The molecular weight excluding hydrogens is 410 g/mol. The molecule has 7 nitrogen and oxygen atoms in total. The summed E-state index contributed by atoms with van der Waals surface area (Å²) in [7, 11) is 0. The van der Waals surface area contributed by atoms with Gasteiger partial charge in [-0.1, -0.05) is 23.8 Å². The van der Waals surface area contributed by atoms with Gasteiger partial charge in [-0.25, -0.2) is 0 Å². The van der Waals surface area contributed by atoms with E-state index in [0.29, 0.717) is 19.0 Å². The average Bonchev–Trinajstić information content (AvgIpc) is 3.23. The maximum Gasteiger partial charge on any atom is 0.235 e. The number of piperidine rings is 1. The molecule has 162 valence electrons. The van der Waals surface area contributed by atoms with Crippen LogP contribution in [0.2, 0.25) is 0 Å². The van der Waals surface area contributed by atoms with Crippen LogP contribution in [0.1, 0.15) is 37.1 Å². The molecule has 0 unspecified atom stereocenters. The van der Waals surface area contributed by atoms with Crippen LogP contribution >= 0.6 is 11.8 Å². The molecule has 2 amide bonds. The SMILES string of the molecule is Cc1ccc(NC(=O)CS[C@@H](C)C(=O)N2CCC(c3nnc4ccccn34)CC2)cc1. The van der Waals surface area contributed by atoms with Crippen LogP contribution in [0.25, 0.3) is 5.65 Å². The Morgan fingerprint density at radius 1 is 1.13 bits per heavy atom. The number of rotatable bonds is 6. The molecule has 4 rings (SSSR count). The van der Waals surface area contributed by atoms with Crippen LogP contribution in [0.4, 0.5) is 5.69 Å².